The van der Waals surface area contributed by atoms with Crippen molar-refractivity contribution >= 4 is 18.0 Å². The van der Waals surface area contributed by atoms with Crippen molar-refractivity contribution in [3.63, 3.8) is 0 Å². The number of carbonyl (C=O) groups excluding carboxylic acids is 1. The topological polar surface area (TPSA) is 53.8 Å². The Balaban J connectivity index is 1.98. The fourth-order valence-corrected chi connectivity index (χ4v) is 2.26. The minimum Gasteiger partial charge on any atom is -0.308 e. The molecular formula is C13H12FN3O. The minimum absolute atomic E-state index is 0.118. The van der Waals surface area contributed by atoms with Gasteiger partial charge in [0.05, 0.1) is 0 Å². The van der Waals surface area contributed by atoms with Crippen molar-refractivity contribution < 1.29 is 9.18 Å². The van der Waals surface area contributed by atoms with E-state index in [0.29, 0.717) is 30.8 Å². The quantitative estimate of drug-likeness (QED) is 0.796. The predicted molar refractivity (Wildman–Crippen MR) is 66.4 cm³/mol. The Hall–Kier alpha value is -2.04. The molecule has 0 saturated heterocycles. The normalized spacial score (nSPS) is 26.3. The largest absolute Gasteiger partial charge is 0.308 e. The third-order valence-corrected chi connectivity index (χ3v) is 3.29. The van der Waals surface area contributed by atoms with Gasteiger partial charge in [0, 0.05) is 31.2 Å². The Morgan fingerprint density at radius 2 is 2.28 bits per heavy atom. The third kappa shape index (κ3) is 1.72. The van der Waals surface area contributed by atoms with E-state index in [1.165, 1.54) is 12.1 Å². The summed E-state index contributed by atoms with van der Waals surface area (Å²) in [4.78, 5) is 20.6. The molecule has 92 valence electrons. The van der Waals surface area contributed by atoms with Crippen LogP contribution in [0.4, 0.5) is 4.39 Å². The van der Waals surface area contributed by atoms with Crippen molar-refractivity contribution in [2.45, 2.75) is 18.4 Å². The van der Waals surface area contributed by atoms with Gasteiger partial charge in [-0.1, -0.05) is 12.1 Å². The van der Waals surface area contributed by atoms with Gasteiger partial charge in [-0.05, 0) is 12.1 Å². The maximum Gasteiger partial charge on any atom is 0.253 e. The first-order chi connectivity index (χ1) is 8.70. The van der Waals surface area contributed by atoms with Gasteiger partial charge in [-0.2, -0.15) is 0 Å². The van der Waals surface area contributed by atoms with Crippen LogP contribution in [0, 0.1) is 5.82 Å². The highest BCUT2D eigenvalue weighted by molar-refractivity contribution is 6.16. The molecule has 0 fully saturated rings. The van der Waals surface area contributed by atoms with Crippen LogP contribution in [-0.4, -0.2) is 30.0 Å². The molecule has 0 aliphatic carbocycles. The van der Waals surface area contributed by atoms with Gasteiger partial charge in [0.1, 0.15) is 17.2 Å². The van der Waals surface area contributed by atoms with Crippen LogP contribution in [0.5, 0.6) is 0 Å². The van der Waals surface area contributed by atoms with Gasteiger partial charge in [0.2, 0.25) is 0 Å². The predicted octanol–water partition coefficient (Wildman–Crippen LogP) is 1.31. The molecule has 1 spiro atoms. The van der Waals surface area contributed by atoms with E-state index in [9.17, 15) is 9.18 Å². The number of benzene rings is 1. The molecule has 4 nitrogen and oxygen atoms in total. The molecular weight excluding hydrogens is 233 g/mol. The molecule has 2 heterocycles. The van der Waals surface area contributed by atoms with Crippen LogP contribution in [0.25, 0.3) is 0 Å². The van der Waals surface area contributed by atoms with E-state index in [4.69, 9.17) is 0 Å². The third-order valence-electron chi connectivity index (χ3n) is 3.29. The Morgan fingerprint density at radius 1 is 1.39 bits per heavy atom. The number of hydrogen-bond acceptors (Lipinski definition) is 3. The number of amidine groups is 1. The summed E-state index contributed by atoms with van der Waals surface area (Å²) < 4.78 is 13.2. The second kappa shape index (κ2) is 4.01. The Morgan fingerprint density at radius 3 is 3.00 bits per heavy atom. The van der Waals surface area contributed by atoms with Gasteiger partial charge in [0.15, 0.2) is 0 Å². The number of carbonyl (C=O) groups is 1. The molecule has 1 aromatic rings. The second-order valence-electron chi connectivity index (χ2n) is 4.50. The molecule has 5 heteroatoms. The number of aliphatic imine (C=N–C) groups is 2. The zero-order valence-corrected chi connectivity index (χ0v) is 9.69. The summed E-state index contributed by atoms with van der Waals surface area (Å²) in [6.45, 7) is 0.605. The highest BCUT2D eigenvalue weighted by Gasteiger charge is 2.43. The number of rotatable bonds is 1. The number of nitrogens with one attached hydrogen (secondary N) is 1. The summed E-state index contributed by atoms with van der Waals surface area (Å²) in [6, 6.07) is 6.07. The minimum atomic E-state index is -0.733. The first-order valence-corrected chi connectivity index (χ1v) is 5.85. The van der Waals surface area contributed by atoms with Crippen molar-refractivity contribution in [3.05, 3.63) is 35.6 Å². The van der Waals surface area contributed by atoms with E-state index in [0.717, 1.165) is 0 Å². The standard InChI is InChI=1S/C13H12FN3O/c14-10-3-1-2-9(8-10)11-16-12(18)13(17-11)4-6-15-7-5-13/h1-3,6,8H,4-5,7H2,(H,16,17,18). The SMILES string of the molecule is O=C1NC(c2cccc(F)c2)=NC12CC=NCC2. The van der Waals surface area contributed by atoms with Crippen LogP contribution in [0.2, 0.25) is 0 Å². The summed E-state index contributed by atoms with van der Waals surface area (Å²) in [6.07, 6.45) is 2.85. The lowest BCUT2D eigenvalue weighted by atomic mass is 9.90. The molecule has 18 heavy (non-hydrogen) atoms. The van der Waals surface area contributed by atoms with Gasteiger partial charge in [-0.25, -0.2) is 4.39 Å². The number of nitrogens with zero attached hydrogens (tertiary/aromatic N) is 2. The lowest BCUT2D eigenvalue weighted by Gasteiger charge is -2.23. The van der Waals surface area contributed by atoms with Crippen molar-refractivity contribution in [1.29, 1.82) is 0 Å². The zero-order valence-electron chi connectivity index (χ0n) is 9.69. The highest BCUT2D eigenvalue weighted by atomic mass is 19.1. The average Bonchev–Trinajstić information content (AvgIpc) is 2.68. The number of amides is 1. The molecule has 1 unspecified atom stereocenters. The summed E-state index contributed by atoms with van der Waals surface area (Å²) >= 11 is 0. The van der Waals surface area contributed by atoms with Crippen LogP contribution in [0.3, 0.4) is 0 Å². The molecule has 3 rings (SSSR count). The van der Waals surface area contributed by atoms with Gasteiger partial charge in [-0.3, -0.25) is 14.8 Å². The molecule has 0 radical (unpaired) electrons. The van der Waals surface area contributed by atoms with Crippen molar-refractivity contribution in [2.75, 3.05) is 6.54 Å². The van der Waals surface area contributed by atoms with Crippen LogP contribution in [0.1, 0.15) is 18.4 Å². The molecule has 0 aromatic heterocycles. The summed E-state index contributed by atoms with van der Waals surface area (Å²) in [5.74, 6) is -0.00156. The van der Waals surface area contributed by atoms with Gasteiger partial charge in [0.25, 0.3) is 5.91 Å². The molecule has 1 aromatic carbocycles. The average molecular weight is 245 g/mol. The van der Waals surface area contributed by atoms with E-state index in [1.54, 1.807) is 18.3 Å². The molecule has 1 atom stereocenters. The van der Waals surface area contributed by atoms with Gasteiger partial charge < -0.3 is 5.32 Å². The van der Waals surface area contributed by atoms with E-state index >= 15 is 0 Å². The number of hydrogen-bond donors (Lipinski definition) is 1. The fourth-order valence-electron chi connectivity index (χ4n) is 2.26. The zero-order chi connectivity index (χ0) is 12.6. The maximum atomic E-state index is 13.2. The van der Waals surface area contributed by atoms with Crippen LogP contribution < -0.4 is 5.32 Å². The van der Waals surface area contributed by atoms with Crippen LogP contribution in [-0.2, 0) is 4.79 Å². The molecule has 2 aliphatic rings. The molecule has 0 bridgehead atoms. The van der Waals surface area contributed by atoms with E-state index in [-0.39, 0.29) is 11.7 Å². The first kappa shape index (κ1) is 11.1. The molecule has 1 N–H and O–H groups in total. The van der Waals surface area contributed by atoms with Crippen LogP contribution >= 0.6 is 0 Å². The Bertz CT molecular complexity index is 567. The van der Waals surface area contributed by atoms with Gasteiger partial charge in [-0.15, -0.1) is 0 Å². The van der Waals surface area contributed by atoms with E-state index in [1.807, 2.05) is 0 Å². The smallest absolute Gasteiger partial charge is 0.253 e. The summed E-state index contributed by atoms with van der Waals surface area (Å²) in [7, 11) is 0. The Labute approximate surface area is 104 Å². The van der Waals surface area contributed by atoms with Crippen molar-refractivity contribution in [2.24, 2.45) is 9.98 Å². The second-order valence-corrected chi connectivity index (χ2v) is 4.50. The lowest BCUT2D eigenvalue weighted by Crippen LogP contribution is -2.42. The number of halogens is 1. The van der Waals surface area contributed by atoms with E-state index in [2.05, 4.69) is 15.3 Å². The van der Waals surface area contributed by atoms with Gasteiger partial charge >= 0.3 is 0 Å². The van der Waals surface area contributed by atoms with Crippen molar-refractivity contribution in [3.8, 4) is 0 Å². The van der Waals surface area contributed by atoms with Crippen LogP contribution in [0.15, 0.2) is 34.3 Å². The lowest BCUT2D eigenvalue weighted by molar-refractivity contribution is -0.123. The molecule has 1 amide bonds. The maximum absolute atomic E-state index is 13.2. The van der Waals surface area contributed by atoms with E-state index < -0.39 is 5.54 Å². The molecule has 2 aliphatic heterocycles. The monoisotopic (exact) mass is 245 g/mol. The first-order valence-electron chi connectivity index (χ1n) is 5.85. The highest BCUT2D eigenvalue weighted by Crippen LogP contribution is 2.28. The summed E-state index contributed by atoms with van der Waals surface area (Å²) in [5, 5.41) is 2.74. The summed E-state index contributed by atoms with van der Waals surface area (Å²) in [5.41, 5.74) is -0.133. The van der Waals surface area contributed by atoms with Crippen molar-refractivity contribution in [1.82, 2.24) is 5.32 Å². The fraction of sp³-hybridized carbons (Fsp3) is 0.308. The Kier molecular flexibility index (Phi) is 2.47. The molecule has 0 saturated carbocycles.